The molecule has 0 unspecified atom stereocenters. The first-order valence-electron chi connectivity index (χ1n) is 7.89. The molecule has 0 saturated heterocycles. The van der Waals surface area contributed by atoms with Crippen molar-refractivity contribution >= 4 is 16.7 Å². The van der Waals surface area contributed by atoms with Crippen molar-refractivity contribution in [1.29, 1.82) is 0 Å². The van der Waals surface area contributed by atoms with Crippen molar-refractivity contribution < 1.29 is 9.53 Å². The minimum atomic E-state index is -0.542. The van der Waals surface area contributed by atoms with E-state index in [4.69, 9.17) is 4.74 Å². The van der Waals surface area contributed by atoms with Gasteiger partial charge in [-0.1, -0.05) is 72.8 Å². The van der Waals surface area contributed by atoms with E-state index in [-0.39, 0.29) is 11.9 Å². The Morgan fingerprint density at radius 3 is 2.43 bits per heavy atom. The Morgan fingerprint density at radius 2 is 1.65 bits per heavy atom. The Morgan fingerprint density at radius 1 is 0.957 bits per heavy atom. The molecule has 1 aliphatic rings. The van der Waals surface area contributed by atoms with Gasteiger partial charge in [-0.05, 0) is 28.3 Å². The molecule has 1 fully saturated rings. The molecule has 0 spiro atoms. The number of fused-ring (bicyclic) bond motifs is 1. The van der Waals surface area contributed by atoms with Gasteiger partial charge < -0.3 is 4.74 Å². The number of esters is 1. The third-order valence-electron chi connectivity index (χ3n) is 5.00. The van der Waals surface area contributed by atoms with Crippen molar-refractivity contribution in [3.05, 3.63) is 83.9 Å². The normalized spacial score (nSPS) is 22.7. The topological polar surface area (TPSA) is 26.3 Å². The van der Waals surface area contributed by atoms with E-state index in [1.54, 1.807) is 0 Å². The molecule has 0 aromatic heterocycles. The molecule has 0 heterocycles. The zero-order valence-electron chi connectivity index (χ0n) is 13.0. The average Bonchev–Trinajstić information content (AvgIpc) is 3.38. The first kappa shape index (κ1) is 14.0. The van der Waals surface area contributed by atoms with Crippen molar-refractivity contribution in [2.75, 3.05) is 7.11 Å². The summed E-state index contributed by atoms with van der Waals surface area (Å²) >= 11 is 0. The van der Waals surface area contributed by atoms with Crippen LogP contribution in [0, 0.1) is 0 Å². The summed E-state index contributed by atoms with van der Waals surface area (Å²) in [6, 6.07) is 24.7. The zero-order valence-corrected chi connectivity index (χ0v) is 13.0. The largest absolute Gasteiger partial charge is 0.468 e. The second kappa shape index (κ2) is 5.24. The molecule has 0 amide bonds. The predicted molar refractivity (Wildman–Crippen MR) is 91.4 cm³/mol. The SMILES string of the molecule is COC(=O)[C@@]1(c2ccccc2)C[C@H]1c1cccc2ccccc12. The standard InChI is InChI=1S/C21H18O2/c1-23-20(22)21(16-10-3-2-4-11-16)14-19(21)18-13-7-9-15-8-5-6-12-17(15)18/h2-13,19H,14H2,1H3/t19-,21+/m0/s1. The summed E-state index contributed by atoms with van der Waals surface area (Å²) in [4.78, 5) is 12.6. The van der Waals surface area contributed by atoms with Gasteiger partial charge in [0.05, 0.1) is 7.11 Å². The monoisotopic (exact) mass is 302 g/mol. The predicted octanol–water partition coefficient (Wildman–Crippen LogP) is 4.44. The minimum Gasteiger partial charge on any atom is -0.468 e. The van der Waals surface area contributed by atoms with Gasteiger partial charge in [0, 0.05) is 5.92 Å². The van der Waals surface area contributed by atoms with Crippen LogP contribution in [0.1, 0.15) is 23.5 Å². The molecular weight excluding hydrogens is 284 g/mol. The molecule has 4 rings (SSSR count). The lowest BCUT2D eigenvalue weighted by molar-refractivity contribution is -0.143. The zero-order chi connectivity index (χ0) is 15.9. The van der Waals surface area contributed by atoms with Gasteiger partial charge in [0.1, 0.15) is 5.41 Å². The van der Waals surface area contributed by atoms with Gasteiger partial charge in [-0.2, -0.15) is 0 Å². The quantitative estimate of drug-likeness (QED) is 0.669. The molecule has 0 N–H and O–H groups in total. The van der Waals surface area contributed by atoms with Gasteiger partial charge in [0.25, 0.3) is 0 Å². The van der Waals surface area contributed by atoms with Crippen LogP contribution < -0.4 is 0 Å². The lowest BCUT2D eigenvalue weighted by Gasteiger charge is -2.16. The van der Waals surface area contributed by atoms with E-state index in [9.17, 15) is 4.79 Å². The van der Waals surface area contributed by atoms with E-state index >= 15 is 0 Å². The molecular formula is C21H18O2. The van der Waals surface area contributed by atoms with Gasteiger partial charge >= 0.3 is 5.97 Å². The highest BCUT2D eigenvalue weighted by Gasteiger charge is 2.62. The Kier molecular flexibility index (Phi) is 3.19. The van der Waals surface area contributed by atoms with Crippen molar-refractivity contribution in [3.8, 4) is 0 Å². The van der Waals surface area contributed by atoms with Crippen LogP contribution >= 0.6 is 0 Å². The fourth-order valence-electron chi connectivity index (χ4n) is 3.77. The molecule has 0 aliphatic heterocycles. The molecule has 1 aliphatic carbocycles. The van der Waals surface area contributed by atoms with Gasteiger partial charge in [-0.15, -0.1) is 0 Å². The maximum absolute atomic E-state index is 12.6. The number of benzene rings is 3. The van der Waals surface area contributed by atoms with E-state index in [1.165, 1.54) is 23.4 Å². The van der Waals surface area contributed by atoms with Crippen molar-refractivity contribution in [1.82, 2.24) is 0 Å². The summed E-state index contributed by atoms with van der Waals surface area (Å²) in [6.07, 6.45) is 0.803. The van der Waals surface area contributed by atoms with E-state index < -0.39 is 5.41 Å². The molecule has 0 bridgehead atoms. The third kappa shape index (κ3) is 2.06. The molecule has 3 aromatic rings. The Hall–Kier alpha value is -2.61. The van der Waals surface area contributed by atoms with Crippen molar-refractivity contribution in [2.45, 2.75) is 17.8 Å². The summed E-state index contributed by atoms with van der Waals surface area (Å²) in [5.74, 6) is 0.0325. The van der Waals surface area contributed by atoms with Gasteiger partial charge in [-0.3, -0.25) is 4.79 Å². The lowest BCUT2D eigenvalue weighted by Crippen LogP contribution is -2.24. The number of hydrogen-bond donors (Lipinski definition) is 0. The Labute approximate surface area is 135 Å². The van der Waals surface area contributed by atoms with Gasteiger partial charge in [0.2, 0.25) is 0 Å². The van der Waals surface area contributed by atoms with Crippen LogP contribution in [-0.4, -0.2) is 13.1 Å². The fraction of sp³-hybridized carbons (Fsp3) is 0.190. The molecule has 0 radical (unpaired) electrons. The molecule has 1 saturated carbocycles. The van der Waals surface area contributed by atoms with Crippen LogP contribution in [0.3, 0.4) is 0 Å². The summed E-state index contributed by atoms with van der Waals surface area (Å²) in [7, 11) is 1.48. The second-order valence-electron chi connectivity index (χ2n) is 6.15. The second-order valence-corrected chi connectivity index (χ2v) is 6.15. The molecule has 114 valence electrons. The maximum atomic E-state index is 12.6. The molecule has 23 heavy (non-hydrogen) atoms. The van der Waals surface area contributed by atoms with Crippen LogP contribution in [-0.2, 0) is 14.9 Å². The molecule has 2 nitrogen and oxygen atoms in total. The van der Waals surface area contributed by atoms with Crippen LogP contribution in [0.5, 0.6) is 0 Å². The highest BCUT2D eigenvalue weighted by molar-refractivity contribution is 5.93. The Bertz CT molecular complexity index is 864. The van der Waals surface area contributed by atoms with Crippen LogP contribution in [0.15, 0.2) is 72.8 Å². The summed E-state index contributed by atoms with van der Waals surface area (Å²) < 4.78 is 5.16. The number of carbonyl (C=O) groups excluding carboxylic acids is 1. The van der Waals surface area contributed by atoms with E-state index in [1.807, 2.05) is 36.4 Å². The van der Waals surface area contributed by atoms with Crippen molar-refractivity contribution in [2.24, 2.45) is 0 Å². The number of hydrogen-bond acceptors (Lipinski definition) is 2. The van der Waals surface area contributed by atoms with E-state index in [2.05, 4.69) is 36.4 Å². The van der Waals surface area contributed by atoms with Crippen LogP contribution in [0.2, 0.25) is 0 Å². The fourth-order valence-corrected chi connectivity index (χ4v) is 3.77. The number of rotatable bonds is 3. The molecule has 2 atom stereocenters. The third-order valence-corrected chi connectivity index (χ3v) is 5.00. The van der Waals surface area contributed by atoms with Gasteiger partial charge in [-0.25, -0.2) is 0 Å². The van der Waals surface area contributed by atoms with Gasteiger partial charge in [0.15, 0.2) is 0 Å². The average molecular weight is 302 g/mol. The summed E-state index contributed by atoms with van der Waals surface area (Å²) in [6.45, 7) is 0. The number of methoxy groups -OCH3 is 1. The lowest BCUT2D eigenvalue weighted by atomic mass is 9.89. The molecule has 3 aromatic carbocycles. The summed E-state index contributed by atoms with van der Waals surface area (Å²) in [5, 5.41) is 2.44. The van der Waals surface area contributed by atoms with Crippen molar-refractivity contribution in [3.63, 3.8) is 0 Å². The summed E-state index contributed by atoms with van der Waals surface area (Å²) in [5.41, 5.74) is 1.74. The first-order valence-corrected chi connectivity index (χ1v) is 7.89. The van der Waals surface area contributed by atoms with Crippen LogP contribution in [0.25, 0.3) is 10.8 Å². The van der Waals surface area contributed by atoms with Crippen LogP contribution in [0.4, 0.5) is 0 Å². The smallest absolute Gasteiger partial charge is 0.316 e. The van der Waals surface area contributed by atoms with E-state index in [0.717, 1.165) is 12.0 Å². The molecule has 2 heteroatoms. The maximum Gasteiger partial charge on any atom is 0.316 e. The highest BCUT2D eigenvalue weighted by atomic mass is 16.5. The Balaban J connectivity index is 1.85. The first-order chi connectivity index (χ1) is 11.3. The van der Waals surface area contributed by atoms with E-state index in [0.29, 0.717) is 0 Å². The number of carbonyl (C=O) groups is 1. The number of ether oxygens (including phenoxy) is 1. The minimum absolute atomic E-state index is 0.137. The highest BCUT2D eigenvalue weighted by Crippen LogP contribution is 2.62.